The Morgan fingerprint density at radius 3 is 2.91 bits per heavy atom. The van der Waals surface area contributed by atoms with E-state index in [0.717, 1.165) is 18.5 Å². The summed E-state index contributed by atoms with van der Waals surface area (Å²) in [5, 5.41) is 14.2. The van der Waals surface area contributed by atoms with Crippen molar-refractivity contribution >= 4 is 5.91 Å². The fourth-order valence-electron chi connectivity index (χ4n) is 2.53. The normalized spacial score (nSPS) is 15.6. The molecule has 1 N–H and O–H groups in total. The monoisotopic (exact) mass is 300 g/mol. The summed E-state index contributed by atoms with van der Waals surface area (Å²) in [4.78, 5) is 18.3. The Balaban J connectivity index is 1.77. The van der Waals surface area contributed by atoms with Crippen LogP contribution in [0.2, 0.25) is 0 Å². The lowest BCUT2D eigenvalue weighted by Gasteiger charge is -2.20. The zero-order chi connectivity index (χ0) is 15.7. The Hall–Kier alpha value is -2.21. The second-order valence-electron chi connectivity index (χ2n) is 5.83. The lowest BCUT2D eigenvalue weighted by Crippen LogP contribution is -2.35. The van der Waals surface area contributed by atoms with Gasteiger partial charge in [-0.15, -0.1) is 0 Å². The minimum absolute atomic E-state index is 0.126. The molecule has 1 amide bonds. The maximum Gasteiger partial charge on any atom is 0.257 e. The molecular weight excluding hydrogens is 280 g/mol. The van der Waals surface area contributed by atoms with Gasteiger partial charge in [0.1, 0.15) is 0 Å². The highest BCUT2D eigenvalue weighted by Gasteiger charge is 2.31. The predicted molar refractivity (Wildman–Crippen MR) is 81.8 cm³/mol. The van der Waals surface area contributed by atoms with Crippen LogP contribution in [0.5, 0.6) is 0 Å². The molecule has 2 aromatic rings. The molecule has 2 heterocycles. The molecule has 0 aromatic carbocycles. The fourth-order valence-corrected chi connectivity index (χ4v) is 2.53. The molecule has 6 heteroatoms. The Bertz CT molecular complexity index is 664. The third-order valence-corrected chi connectivity index (χ3v) is 4.08. The summed E-state index contributed by atoms with van der Waals surface area (Å²) in [6.07, 6.45) is 4.93. The van der Waals surface area contributed by atoms with Crippen molar-refractivity contribution in [3.63, 3.8) is 0 Å². The van der Waals surface area contributed by atoms with Crippen LogP contribution >= 0.6 is 0 Å². The Morgan fingerprint density at radius 1 is 1.50 bits per heavy atom. The van der Waals surface area contributed by atoms with Crippen LogP contribution in [0.4, 0.5) is 0 Å². The highest BCUT2D eigenvalue weighted by Crippen LogP contribution is 2.32. The van der Waals surface area contributed by atoms with Gasteiger partial charge in [0, 0.05) is 19.8 Å². The van der Waals surface area contributed by atoms with Gasteiger partial charge in [-0.2, -0.15) is 5.10 Å². The molecule has 1 aliphatic rings. The number of amides is 1. The van der Waals surface area contributed by atoms with Gasteiger partial charge in [0.25, 0.3) is 5.91 Å². The van der Waals surface area contributed by atoms with Crippen LogP contribution in [0, 0.1) is 12.8 Å². The molecule has 22 heavy (non-hydrogen) atoms. The van der Waals surface area contributed by atoms with Crippen LogP contribution < -0.4 is 0 Å². The van der Waals surface area contributed by atoms with Crippen molar-refractivity contribution in [3.8, 4) is 5.82 Å². The van der Waals surface area contributed by atoms with Gasteiger partial charge in [0.2, 0.25) is 0 Å². The topological polar surface area (TPSA) is 71.2 Å². The third kappa shape index (κ3) is 2.87. The molecule has 116 valence electrons. The maximum absolute atomic E-state index is 12.5. The number of nitrogens with zero attached hydrogens (tertiary/aromatic N) is 4. The van der Waals surface area contributed by atoms with Gasteiger partial charge in [0.15, 0.2) is 5.82 Å². The fraction of sp³-hybridized carbons (Fsp3) is 0.438. The highest BCUT2D eigenvalue weighted by atomic mass is 16.3. The number of pyridine rings is 1. The van der Waals surface area contributed by atoms with Crippen molar-refractivity contribution in [2.45, 2.75) is 25.9 Å². The van der Waals surface area contributed by atoms with Crippen molar-refractivity contribution < 1.29 is 9.90 Å². The second kappa shape index (κ2) is 5.88. The van der Waals surface area contributed by atoms with Crippen LogP contribution in [0.3, 0.4) is 0 Å². The first-order chi connectivity index (χ1) is 10.6. The van der Waals surface area contributed by atoms with Crippen molar-refractivity contribution in [2.75, 3.05) is 13.6 Å². The van der Waals surface area contributed by atoms with Crippen molar-refractivity contribution in [2.24, 2.45) is 5.92 Å². The van der Waals surface area contributed by atoms with Crippen LogP contribution in [0.15, 0.2) is 30.6 Å². The summed E-state index contributed by atoms with van der Waals surface area (Å²) in [5.41, 5.74) is 1.28. The molecule has 0 aliphatic heterocycles. The van der Waals surface area contributed by atoms with Crippen molar-refractivity contribution in [1.29, 1.82) is 0 Å². The van der Waals surface area contributed by atoms with Gasteiger partial charge in [-0.1, -0.05) is 6.07 Å². The number of rotatable bonds is 5. The minimum Gasteiger partial charge on any atom is -0.391 e. The number of carbonyl (C=O) groups excluding carboxylic acids is 1. The van der Waals surface area contributed by atoms with E-state index in [9.17, 15) is 9.90 Å². The number of aliphatic hydroxyl groups excluding tert-OH is 1. The Kier molecular flexibility index (Phi) is 3.94. The molecule has 1 fully saturated rings. The van der Waals surface area contributed by atoms with E-state index < -0.39 is 6.10 Å². The molecule has 1 unspecified atom stereocenters. The first kappa shape index (κ1) is 14.7. The molecule has 0 bridgehead atoms. The number of hydrogen-bond acceptors (Lipinski definition) is 4. The number of likely N-dealkylation sites (N-methyl/N-ethyl adjacent to an activating group) is 1. The highest BCUT2D eigenvalue weighted by molar-refractivity contribution is 5.95. The largest absolute Gasteiger partial charge is 0.391 e. The van der Waals surface area contributed by atoms with Crippen molar-refractivity contribution in [3.05, 3.63) is 41.9 Å². The van der Waals surface area contributed by atoms with E-state index in [4.69, 9.17) is 0 Å². The summed E-state index contributed by atoms with van der Waals surface area (Å²) in [5.74, 6) is 0.909. The maximum atomic E-state index is 12.5. The van der Waals surface area contributed by atoms with Gasteiger partial charge in [0.05, 0.1) is 23.6 Å². The quantitative estimate of drug-likeness (QED) is 0.906. The van der Waals surface area contributed by atoms with Gasteiger partial charge in [-0.05, 0) is 37.8 Å². The SMILES string of the molecule is Cc1c(C(=O)N(C)CC(O)C2CC2)cnn1-c1ccccn1. The average molecular weight is 300 g/mol. The summed E-state index contributed by atoms with van der Waals surface area (Å²) in [6, 6.07) is 5.55. The third-order valence-electron chi connectivity index (χ3n) is 4.08. The standard InChI is InChI=1S/C16H20N4O2/c1-11-13(9-18-20(11)15-5-3-4-8-17-15)16(22)19(2)10-14(21)12-6-7-12/h3-5,8-9,12,14,21H,6-7,10H2,1-2H3. The van der Waals surface area contributed by atoms with Gasteiger partial charge in [-0.25, -0.2) is 9.67 Å². The average Bonchev–Trinajstić information content (AvgIpc) is 3.30. The van der Waals surface area contributed by atoms with Gasteiger partial charge >= 0.3 is 0 Å². The number of aromatic nitrogens is 3. The van der Waals surface area contributed by atoms with E-state index in [1.54, 1.807) is 29.0 Å². The van der Waals surface area contributed by atoms with E-state index in [2.05, 4.69) is 10.1 Å². The molecule has 1 saturated carbocycles. The zero-order valence-electron chi connectivity index (χ0n) is 12.8. The van der Waals surface area contributed by atoms with Crippen molar-refractivity contribution in [1.82, 2.24) is 19.7 Å². The zero-order valence-corrected chi connectivity index (χ0v) is 12.8. The molecule has 2 aromatic heterocycles. The molecule has 0 spiro atoms. The Morgan fingerprint density at radius 2 is 2.27 bits per heavy atom. The smallest absolute Gasteiger partial charge is 0.257 e. The molecule has 0 saturated heterocycles. The molecule has 1 aliphatic carbocycles. The van der Waals surface area contributed by atoms with Crippen LogP contribution in [0.1, 0.15) is 28.9 Å². The minimum atomic E-state index is -0.430. The van der Waals surface area contributed by atoms with E-state index in [1.165, 1.54) is 0 Å². The molecule has 3 rings (SSSR count). The number of hydrogen-bond donors (Lipinski definition) is 1. The van der Waals surface area contributed by atoms with E-state index in [0.29, 0.717) is 23.8 Å². The lowest BCUT2D eigenvalue weighted by atomic mass is 10.2. The predicted octanol–water partition coefficient (Wildman–Crippen LogP) is 1.42. The van der Waals surface area contributed by atoms with Crippen LogP contribution in [0.25, 0.3) is 5.82 Å². The molecular formula is C16H20N4O2. The second-order valence-corrected chi connectivity index (χ2v) is 5.83. The van der Waals surface area contributed by atoms with E-state index >= 15 is 0 Å². The van der Waals surface area contributed by atoms with E-state index in [-0.39, 0.29) is 5.91 Å². The summed E-state index contributed by atoms with van der Waals surface area (Å²) < 4.78 is 1.65. The van der Waals surface area contributed by atoms with Gasteiger partial charge in [-0.3, -0.25) is 4.79 Å². The van der Waals surface area contributed by atoms with Crippen LogP contribution in [-0.2, 0) is 0 Å². The van der Waals surface area contributed by atoms with Gasteiger partial charge < -0.3 is 10.0 Å². The molecule has 1 atom stereocenters. The number of aliphatic hydroxyl groups is 1. The molecule has 0 radical (unpaired) electrons. The number of carbonyl (C=O) groups is 1. The lowest BCUT2D eigenvalue weighted by molar-refractivity contribution is 0.0644. The summed E-state index contributed by atoms with van der Waals surface area (Å²) >= 11 is 0. The molecule has 6 nitrogen and oxygen atoms in total. The first-order valence-corrected chi connectivity index (χ1v) is 7.47. The first-order valence-electron chi connectivity index (χ1n) is 7.47. The Labute approximate surface area is 129 Å². The van der Waals surface area contributed by atoms with E-state index in [1.807, 2.05) is 25.1 Å². The van der Waals surface area contributed by atoms with Crippen LogP contribution in [-0.4, -0.2) is 50.4 Å². The summed E-state index contributed by atoms with van der Waals surface area (Å²) in [6.45, 7) is 2.21. The summed E-state index contributed by atoms with van der Waals surface area (Å²) in [7, 11) is 1.71.